The van der Waals surface area contributed by atoms with Crippen LogP contribution in [0.4, 0.5) is 0 Å². The highest BCUT2D eigenvalue weighted by atomic mass is 16.6. The van der Waals surface area contributed by atoms with Crippen LogP contribution in [0.25, 0.3) is 0 Å². The zero-order valence-electron chi connectivity index (χ0n) is 53.1. The lowest BCUT2D eigenvalue weighted by molar-refractivity contribution is -0.167. The number of hydrogen-bond acceptors (Lipinski definition) is 6. The Morgan fingerprint density at radius 1 is 0.263 bits per heavy atom. The van der Waals surface area contributed by atoms with E-state index in [1.807, 2.05) is 0 Å². The average molecular weight is 1120 g/mol. The van der Waals surface area contributed by atoms with Gasteiger partial charge in [0.15, 0.2) is 6.10 Å². The van der Waals surface area contributed by atoms with Gasteiger partial charge in [-0.15, -0.1) is 0 Å². The molecule has 0 spiro atoms. The topological polar surface area (TPSA) is 78.9 Å². The minimum Gasteiger partial charge on any atom is -0.462 e. The molecule has 0 aliphatic heterocycles. The van der Waals surface area contributed by atoms with Gasteiger partial charge in [-0.3, -0.25) is 14.4 Å². The fraction of sp³-hybridized carbons (Fsp3) is 0.770. The Hall–Kier alpha value is -3.41. The smallest absolute Gasteiger partial charge is 0.306 e. The van der Waals surface area contributed by atoms with Crippen molar-refractivity contribution in [3.8, 4) is 0 Å². The molecule has 0 amide bonds. The van der Waals surface area contributed by atoms with Gasteiger partial charge in [0.1, 0.15) is 13.2 Å². The van der Waals surface area contributed by atoms with Crippen molar-refractivity contribution in [3.63, 3.8) is 0 Å². The predicted octanol–water partition coefficient (Wildman–Crippen LogP) is 23.8. The van der Waals surface area contributed by atoms with E-state index in [9.17, 15) is 14.4 Å². The predicted molar refractivity (Wildman–Crippen MR) is 348 cm³/mol. The van der Waals surface area contributed by atoms with Crippen LogP contribution >= 0.6 is 0 Å². The van der Waals surface area contributed by atoms with Crippen LogP contribution in [0.5, 0.6) is 0 Å². The molecule has 6 nitrogen and oxygen atoms in total. The first-order valence-corrected chi connectivity index (χ1v) is 34.6. The van der Waals surface area contributed by atoms with Crippen LogP contribution < -0.4 is 0 Å². The normalized spacial score (nSPS) is 12.6. The SMILES string of the molecule is CC/C=C\C/C=C\C/C=C\C/C=C\CCCCCCCCCCCCCCCCCCCCC(=O)OCC(COC(=O)CCCCCCC/C=C\CCCCCCC)OC(=O)CCCCCCCCC/C=C\C/C=C\CCCCC. The molecule has 0 rings (SSSR count). The first-order valence-electron chi connectivity index (χ1n) is 34.6. The Balaban J connectivity index is 4.21. The van der Waals surface area contributed by atoms with E-state index < -0.39 is 6.10 Å². The van der Waals surface area contributed by atoms with Crippen LogP contribution in [-0.4, -0.2) is 37.2 Å². The number of rotatable bonds is 63. The van der Waals surface area contributed by atoms with Gasteiger partial charge in [-0.2, -0.15) is 0 Å². The zero-order chi connectivity index (χ0) is 57.8. The molecule has 1 atom stereocenters. The molecule has 0 N–H and O–H groups in total. The van der Waals surface area contributed by atoms with Gasteiger partial charge < -0.3 is 14.2 Å². The molecule has 0 aromatic carbocycles. The summed E-state index contributed by atoms with van der Waals surface area (Å²) in [5, 5.41) is 0. The number of hydrogen-bond donors (Lipinski definition) is 0. The van der Waals surface area contributed by atoms with Gasteiger partial charge in [0.2, 0.25) is 0 Å². The Morgan fingerprint density at radius 2 is 0.487 bits per heavy atom. The monoisotopic (exact) mass is 1110 g/mol. The van der Waals surface area contributed by atoms with Crippen molar-refractivity contribution < 1.29 is 28.6 Å². The standard InChI is InChI=1S/C74H130O6/c1-4-7-10-13-16-19-22-25-28-30-31-32-33-34-35-36-37-38-39-40-41-42-43-45-46-49-52-55-58-61-64-67-73(76)79-70-71(69-78-72(75)66-63-60-57-54-51-48-27-24-21-18-15-12-9-6-3)80-74(77)68-65-62-59-56-53-50-47-44-29-26-23-20-17-14-11-8-5-2/h7,10,16-17,19-20,24-29,31-32,71H,4-6,8-9,11-15,18,21-23,30,33-70H2,1-3H3/b10-7-,19-16-,20-17-,27-24-,28-25-,29-26-,32-31-. The summed E-state index contributed by atoms with van der Waals surface area (Å²) in [5.74, 6) is -0.878. The van der Waals surface area contributed by atoms with Crippen molar-refractivity contribution in [1.82, 2.24) is 0 Å². The van der Waals surface area contributed by atoms with Crippen LogP contribution in [0.2, 0.25) is 0 Å². The Labute approximate surface area is 496 Å². The van der Waals surface area contributed by atoms with E-state index in [0.717, 1.165) is 103 Å². The lowest BCUT2D eigenvalue weighted by Gasteiger charge is -2.18. The summed E-state index contributed by atoms with van der Waals surface area (Å²) in [6.07, 6.45) is 90.4. The minimum absolute atomic E-state index is 0.0787. The molecule has 0 fully saturated rings. The van der Waals surface area contributed by atoms with Crippen molar-refractivity contribution in [2.45, 2.75) is 354 Å². The van der Waals surface area contributed by atoms with Crippen molar-refractivity contribution in [2.75, 3.05) is 13.2 Å². The summed E-state index contributed by atoms with van der Waals surface area (Å²) in [4.78, 5) is 38.4. The van der Waals surface area contributed by atoms with Crippen LogP contribution in [0.3, 0.4) is 0 Å². The molecule has 6 heteroatoms. The second-order valence-corrected chi connectivity index (χ2v) is 23.1. The van der Waals surface area contributed by atoms with Gasteiger partial charge in [-0.25, -0.2) is 0 Å². The summed E-state index contributed by atoms with van der Waals surface area (Å²) < 4.78 is 17.0. The lowest BCUT2D eigenvalue weighted by atomic mass is 10.0. The molecule has 0 aromatic rings. The largest absolute Gasteiger partial charge is 0.462 e. The van der Waals surface area contributed by atoms with E-state index in [2.05, 4.69) is 106 Å². The first-order chi connectivity index (χ1) is 39.5. The maximum atomic E-state index is 12.9. The number of unbranched alkanes of at least 4 members (excludes halogenated alkanes) is 38. The fourth-order valence-electron chi connectivity index (χ4n) is 9.93. The van der Waals surface area contributed by atoms with Gasteiger partial charge in [-0.05, 0) is 116 Å². The first kappa shape index (κ1) is 76.6. The second kappa shape index (κ2) is 68.1. The van der Waals surface area contributed by atoms with E-state index >= 15 is 0 Å². The molecule has 0 aliphatic carbocycles. The Bertz CT molecular complexity index is 1520. The molecule has 0 bridgehead atoms. The highest BCUT2D eigenvalue weighted by molar-refractivity contribution is 5.71. The van der Waals surface area contributed by atoms with Gasteiger partial charge in [-0.1, -0.05) is 298 Å². The lowest BCUT2D eigenvalue weighted by Crippen LogP contribution is -2.30. The summed E-state index contributed by atoms with van der Waals surface area (Å²) >= 11 is 0. The summed E-state index contributed by atoms with van der Waals surface area (Å²) in [7, 11) is 0. The molecule has 462 valence electrons. The molecule has 0 aliphatic rings. The quantitative estimate of drug-likeness (QED) is 0.0261. The number of carbonyl (C=O) groups is 3. The Kier molecular flexibility index (Phi) is 65.2. The average Bonchev–Trinajstić information content (AvgIpc) is 3.46. The number of carbonyl (C=O) groups excluding carboxylic acids is 3. The third-order valence-electron chi connectivity index (χ3n) is 15.1. The zero-order valence-corrected chi connectivity index (χ0v) is 53.1. The summed E-state index contributed by atoms with van der Waals surface area (Å²) in [6, 6.07) is 0. The molecule has 0 aromatic heterocycles. The van der Waals surface area contributed by atoms with E-state index in [-0.39, 0.29) is 31.1 Å². The maximum Gasteiger partial charge on any atom is 0.306 e. The highest BCUT2D eigenvalue weighted by Crippen LogP contribution is 2.17. The molecular formula is C74H130O6. The number of esters is 3. The second-order valence-electron chi connectivity index (χ2n) is 23.1. The van der Waals surface area contributed by atoms with Crippen molar-refractivity contribution >= 4 is 17.9 Å². The molecule has 0 saturated carbocycles. The van der Waals surface area contributed by atoms with Crippen molar-refractivity contribution in [3.05, 3.63) is 85.1 Å². The number of allylic oxidation sites excluding steroid dienone is 14. The van der Waals surface area contributed by atoms with Gasteiger partial charge >= 0.3 is 17.9 Å². The van der Waals surface area contributed by atoms with Gasteiger partial charge in [0, 0.05) is 19.3 Å². The van der Waals surface area contributed by atoms with Crippen LogP contribution in [0.1, 0.15) is 348 Å². The van der Waals surface area contributed by atoms with Gasteiger partial charge in [0.05, 0.1) is 0 Å². The van der Waals surface area contributed by atoms with Gasteiger partial charge in [0.25, 0.3) is 0 Å². The molecular weight excluding hydrogens is 985 g/mol. The molecule has 0 saturated heterocycles. The van der Waals surface area contributed by atoms with E-state index in [0.29, 0.717) is 19.3 Å². The van der Waals surface area contributed by atoms with E-state index in [1.54, 1.807) is 0 Å². The third kappa shape index (κ3) is 65.4. The molecule has 80 heavy (non-hydrogen) atoms. The summed E-state index contributed by atoms with van der Waals surface area (Å²) in [5.41, 5.74) is 0. The summed E-state index contributed by atoms with van der Waals surface area (Å²) in [6.45, 7) is 6.52. The Morgan fingerprint density at radius 3 is 0.800 bits per heavy atom. The molecule has 0 heterocycles. The highest BCUT2D eigenvalue weighted by Gasteiger charge is 2.19. The van der Waals surface area contributed by atoms with Crippen molar-refractivity contribution in [2.24, 2.45) is 0 Å². The van der Waals surface area contributed by atoms with Crippen LogP contribution in [-0.2, 0) is 28.6 Å². The van der Waals surface area contributed by atoms with Crippen molar-refractivity contribution in [1.29, 1.82) is 0 Å². The third-order valence-corrected chi connectivity index (χ3v) is 15.1. The maximum absolute atomic E-state index is 12.9. The van der Waals surface area contributed by atoms with Crippen LogP contribution in [0, 0.1) is 0 Å². The van der Waals surface area contributed by atoms with Crippen LogP contribution in [0.15, 0.2) is 85.1 Å². The van der Waals surface area contributed by atoms with E-state index in [1.165, 1.54) is 205 Å². The number of ether oxygens (including phenoxy) is 3. The molecule has 1 unspecified atom stereocenters. The minimum atomic E-state index is -0.783. The van der Waals surface area contributed by atoms with E-state index in [4.69, 9.17) is 14.2 Å². The molecule has 0 radical (unpaired) electrons. The fourth-order valence-corrected chi connectivity index (χ4v) is 9.93.